The Kier molecular flexibility index (Phi) is 6.74. The molecule has 1 aliphatic rings. The molecular weight excluding hydrogens is 470 g/mol. The summed E-state index contributed by atoms with van der Waals surface area (Å²) in [6, 6.07) is 17.2. The van der Waals surface area contributed by atoms with Gasteiger partial charge in [-0.1, -0.05) is 28.1 Å². The van der Waals surface area contributed by atoms with E-state index < -0.39 is 5.97 Å². The molecule has 0 radical (unpaired) electrons. The van der Waals surface area contributed by atoms with Crippen LogP contribution < -0.4 is 0 Å². The van der Waals surface area contributed by atoms with Crippen LogP contribution in [0.25, 0.3) is 16.9 Å². The molecular formula is C25H26BrN3O3. The number of aromatic nitrogens is 2. The van der Waals surface area contributed by atoms with Crippen LogP contribution >= 0.6 is 15.9 Å². The van der Waals surface area contributed by atoms with E-state index in [1.807, 2.05) is 53.4 Å². The van der Waals surface area contributed by atoms with E-state index in [9.17, 15) is 9.59 Å². The first-order chi connectivity index (χ1) is 15.5. The van der Waals surface area contributed by atoms with Crippen molar-refractivity contribution in [3.05, 3.63) is 70.3 Å². The predicted molar refractivity (Wildman–Crippen MR) is 127 cm³/mol. The minimum atomic E-state index is -0.463. The molecule has 1 atom stereocenters. The van der Waals surface area contributed by atoms with Crippen LogP contribution in [0.2, 0.25) is 0 Å². The molecule has 32 heavy (non-hydrogen) atoms. The quantitative estimate of drug-likeness (QED) is 0.438. The lowest BCUT2D eigenvalue weighted by Crippen LogP contribution is -2.42. The van der Waals surface area contributed by atoms with Gasteiger partial charge in [0.2, 0.25) is 0 Å². The first-order valence-corrected chi connectivity index (χ1v) is 11.7. The minimum Gasteiger partial charge on any atom is -0.461 e. The van der Waals surface area contributed by atoms with Crippen LogP contribution in [0.1, 0.15) is 54.0 Å². The van der Waals surface area contributed by atoms with Gasteiger partial charge < -0.3 is 9.64 Å². The zero-order valence-electron chi connectivity index (χ0n) is 18.3. The predicted octanol–water partition coefficient (Wildman–Crippen LogP) is 5.49. The van der Waals surface area contributed by atoms with Gasteiger partial charge in [0.05, 0.1) is 18.0 Å². The number of carbonyl (C=O) groups excluding carboxylic acids is 2. The van der Waals surface area contributed by atoms with Crippen LogP contribution in [0.3, 0.4) is 0 Å². The lowest BCUT2D eigenvalue weighted by Gasteiger charge is -2.33. The molecule has 3 aromatic rings. The molecule has 2 heterocycles. The summed E-state index contributed by atoms with van der Waals surface area (Å²) >= 11 is 3.46. The third kappa shape index (κ3) is 4.63. The Balaban J connectivity index is 1.68. The molecule has 0 N–H and O–H groups in total. The Morgan fingerprint density at radius 3 is 2.47 bits per heavy atom. The molecule has 1 amide bonds. The van der Waals surface area contributed by atoms with E-state index in [1.165, 1.54) is 6.42 Å². The lowest BCUT2D eigenvalue weighted by molar-refractivity contribution is 0.0518. The first kappa shape index (κ1) is 22.3. The van der Waals surface area contributed by atoms with E-state index in [1.54, 1.807) is 17.7 Å². The Morgan fingerprint density at radius 2 is 1.81 bits per heavy atom. The lowest BCUT2D eigenvalue weighted by atomic mass is 10.0. The molecule has 1 aliphatic heterocycles. The van der Waals surface area contributed by atoms with E-state index in [-0.39, 0.29) is 24.2 Å². The molecule has 2 aromatic carbocycles. The second kappa shape index (κ2) is 9.69. The number of piperidine rings is 1. The van der Waals surface area contributed by atoms with E-state index in [0.29, 0.717) is 5.56 Å². The number of rotatable bonds is 5. The monoisotopic (exact) mass is 495 g/mol. The maximum absolute atomic E-state index is 13.0. The van der Waals surface area contributed by atoms with Crippen molar-refractivity contribution in [2.45, 2.75) is 39.2 Å². The van der Waals surface area contributed by atoms with Crippen molar-refractivity contribution in [1.29, 1.82) is 0 Å². The van der Waals surface area contributed by atoms with Crippen molar-refractivity contribution < 1.29 is 14.3 Å². The highest BCUT2D eigenvalue weighted by Crippen LogP contribution is 2.27. The Hall–Kier alpha value is -2.93. The highest BCUT2D eigenvalue weighted by atomic mass is 79.9. The molecule has 6 nitrogen and oxygen atoms in total. The third-order valence-electron chi connectivity index (χ3n) is 5.76. The first-order valence-electron chi connectivity index (χ1n) is 10.9. The summed E-state index contributed by atoms with van der Waals surface area (Å²) in [6.07, 6.45) is 3.27. The number of benzene rings is 2. The number of amides is 1. The molecule has 0 bridgehead atoms. The van der Waals surface area contributed by atoms with E-state index in [0.717, 1.165) is 40.8 Å². The van der Waals surface area contributed by atoms with Gasteiger partial charge in [0, 0.05) is 28.2 Å². The van der Waals surface area contributed by atoms with Crippen LogP contribution in [-0.4, -0.2) is 45.8 Å². The largest absolute Gasteiger partial charge is 0.461 e. The number of hydrogen-bond acceptors (Lipinski definition) is 4. The third-order valence-corrected chi connectivity index (χ3v) is 6.29. The average molecular weight is 496 g/mol. The highest BCUT2D eigenvalue weighted by molar-refractivity contribution is 9.10. The SMILES string of the molecule is CCOC(=O)c1cc(-c2ccc(Br)cc2)n(-c2ccc(C(=O)N3CCCCC3C)cc2)n1. The molecule has 4 rings (SSSR count). The zero-order valence-corrected chi connectivity index (χ0v) is 19.8. The second-order valence-corrected chi connectivity index (χ2v) is 8.86. The number of ether oxygens (including phenoxy) is 1. The van der Waals surface area contributed by atoms with Gasteiger partial charge >= 0.3 is 5.97 Å². The Labute approximate surface area is 196 Å². The van der Waals surface area contributed by atoms with Gasteiger partial charge in [-0.15, -0.1) is 0 Å². The fraction of sp³-hybridized carbons (Fsp3) is 0.320. The molecule has 1 unspecified atom stereocenters. The summed E-state index contributed by atoms with van der Waals surface area (Å²) in [5.41, 5.74) is 3.35. The topological polar surface area (TPSA) is 64.4 Å². The summed E-state index contributed by atoms with van der Waals surface area (Å²) in [4.78, 5) is 27.3. The number of nitrogens with zero attached hydrogens (tertiary/aromatic N) is 3. The van der Waals surface area contributed by atoms with E-state index in [2.05, 4.69) is 28.0 Å². The zero-order chi connectivity index (χ0) is 22.7. The average Bonchev–Trinajstić information content (AvgIpc) is 3.25. The normalized spacial score (nSPS) is 16.1. The summed E-state index contributed by atoms with van der Waals surface area (Å²) < 4.78 is 7.82. The number of halogens is 1. The number of carbonyl (C=O) groups is 2. The summed E-state index contributed by atoms with van der Waals surface area (Å²) in [5, 5.41) is 4.51. The van der Waals surface area contributed by atoms with Crippen LogP contribution in [0, 0.1) is 0 Å². The van der Waals surface area contributed by atoms with Gasteiger partial charge in [0.1, 0.15) is 0 Å². The molecule has 1 saturated heterocycles. The molecule has 0 saturated carbocycles. The Bertz CT molecular complexity index is 1110. The van der Waals surface area contributed by atoms with Crippen molar-refractivity contribution in [1.82, 2.24) is 14.7 Å². The van der Waals surface area contributed by atoms with Crippen molar-refractivity contribution in [2.75, 3.05) is 13.2 Å². The molecule has 7 heteroatoms. The highest BCUT2D eigenvalue weighted by Gasteiger charge is 2.24. The number of hydrogen-bond donors (Lipinski definition) is 0. The van der Waals surface area contributed by atoms with Gasteiger partial charge in [-0.05, 0) is 75.6 Å². The fourth-order valence-electron chi connectivity index (χ4n) is 4.02. The van der Waals surface area contributed by atoms with E-state index in [4.69, 9.17) is 4.74 Å². The smallest absolute Gasteiger partial charge is 0.358 e. The maximum atomic E-state index is 13.0. The fourth-order valence-corrected chi connectivity index (χ4v) is 4.28. The molecule has 1 fully saturated rings. The van der Waals surface area contributed by atoms with Crippen molar-refractivity contribution >= 4 is 27.8 Å². The Morgan fingerprint density at radius 1 is 1.09 bits per heavy atom. The van der Waals surface area contributed by atoms with Crippen LogP contribution in [-0.2, 0) is 4.74 Å². The maximum Gasteiger partial charge on any atom is 0.358 e. The number of esters is 1. The molecule has 0 spiro atoms. The van der Waals surface area contributed by atoms with E-state index >= 15 is 0 Å². The van der Waals surface area contributed by atoms with Gasteiger partial charge in [-0.3, -0.25) is 4.79 Å². The minimum absolute atomic E-state index is 0.0598. The van der Waals surface area contributed by atoms with Crippen LogP contribution in [0.15, 0.2) is 59.1 Å². The molecule has 0 aliphatic carbocycles. The van der Waals surface area contributed by atoms with Crippen LogP contribution in [0.5, 0.6) is 0 Å². The summed E-state index contributed by atoms with van der Waals surface area (Å²) in [6.45, 7) is 4.96. The summed E-state index contributed by atoms with van der Waals surface area (Å²) in [5.74, 6) is -0.403. The molecule has 166 valence electrons. The van der Waals surface area contributed by atoms with Crippen molar-refractivity contribution in [3.63, 3.8) is 0 Å². The van der Waals surface area contributed by atoms with Gasteiger partial charge in [-0.25, -0.2) is 9.48 Å². The van der Waals surface area contributed by atoms with Crippen molar-refractivity contribution in [2.24, 2.45) is 0 Å². The van der Waals surface area contributed by atoms with Crippen molar-refractivity contribution in [3.8, 4) is 16.9 Å². The van der Waals surface area contributed by atoms with Gasteiger partial charge in [-0.2, -0.15) is 5.10 Å². The van der Waals surface area contributed by atoms with Gasteiger partial charge in [0.25, 0.3) is 5.91 Å². The van der Waals surface area contributed by atoms with Gasteiger partial charge in [0.15, 0.2) is 5.69 Å². The standard InChI is InChI=1S/C25H26BrN3O3/c1-3-32-25(31)22-16-23(18-7-11-20(26)12-8-18)29(27-22)21-13-9-19(10-14-21)24(30)28-15-5-4-6-17(28)2/h7-14,16-17H,3-6,15H2,1-2H3. The second-order valence-electron chi connectivity index (χ2n) is 7.94. The van der Waals surface area contributed by atoms with Crippen LogP contribution in [0.4, 0.5) is 0 Å². The number of likely N-dealkylation sites (tertiary alicyclic amines) is 1. The molecule has 1 aromatic heterocycles. The summed E-state index contributed by atoms with van der Waals surface area (Å²) in [7, 11) is 0.